The smallest absolute Gasteiger partial charge is 0.237 e. The number of carbonyl (C=O) groups is 1. The van der Waals surface area contributed by atoms with Gasteiger partial charge in [0.05, 0.1) is 6.04 Å². The Labute approximate surface area is 98.4 Å². The molecule has 2 aliphatic rings. The molecule has 2 rings (SSSR count). The number of rotatable bonds is 4. The highest BCUT2D eigenvalue weighted by Crippen LogP contribution is 2.30. The van der Waals surface area contributed by atoms with Gasteiger partial charge in [0.2, 0.25) is 5.91 Å². The molecule has 1 heterocycles. The van der Waals surface area contributed by atoms with Crippen molar-refractivity contribution in [1.29, 1.82) is 0 Å². The van der Waals surface area contributed by atoms with Gasteiger partial charge in [-0.2, -0.15) is 0 Å². The maximum atomic E-state index is 11.7. The second-order valence-corrected chi connectivity index (χ2v) is 5.44. The van der Waals surface area contributed by atoms with Gasteiger partial charge >= 0.3 is 0 Å². The highest BCUT2D eigenvalue weighted by molar-refractivity contribution is 5.81. The Kier molecular flexibility index (Phi) is 4.22. The minimum atomic E-state index is 0.0533. The second kappa shape index (κ2) is 5.67. The summed E-state index contributed by atoms with van der Waals surface area (Å²) in [6, 6.07) is 0.539. The zero-order valence-electron chi connectivity index (χ0n) is 10.3. The lowest BCUT2D eigenvalue weighted by atomic mass is 9.81. The van der Waals surface area contributed by atoms with Crippen molar-refractivity contribution in [3.63, 3.8) is 0 Å². The van der Waals surface area contributed by atoms with E-state index in [1.165, 1.54) is 25.7 Å². The fourth-order valence-corrected chi connectivity index (χ4v) is 2.74. The summed E-state index contributed by atoms with van der Waals surface area (Å²) in [4.78, 5) is 11.7. The minimum Gasteiger partial charge on any atom is -0.355 e. The molecule has 2 unspecified atom stereocenters. The van der Waals surface area contributed by atoms with Crippen LogP contribution in [0.2, 0.25) is 0 Å². The summed E-state index contributed by atoms with van der Waals surface area (Å²) in [5.74, 6) is 1.12. The number of nitrogens with one attached hydrogen (secondary N) is 2. The molecule has 0 aromatic carbocycles. The number of hydrogen-bond acceptors (Lipinski definition) is 2. The normalized spacial score (nSPS) is 29.1. The molecule has 2 fully saturated rings. The van der Waals surface area contributed by atoms with Crippen LogP contribution >= 0.6 is 0 Å². The molecule has 16 heavy (non-hydrogen) atoms. The first-order valence-electron chi connectivity index (χ1n) is 6.79. The Morgan fingerprint density at radius 2 is 2.12 bits per heavy atom. The van der Waals surface area contributed by atoms with Gasteiger partial charge in [0.1, 0.15) is 0 Å². The quantitative estimate of drug-likeness (QED) is 0.765. The summed E-state index contributed by atoms with van der Waals surface area (Å²) < 4.78 is 0. The molecule has 2 N–H and O–H groups in total. The van der Waals surface area contributed by atoms with E-state index in [-0.39, 0.29) is 11.9 Å². The lowest BCUT2D eigenvalue weighted by molar-refractivity contribution is -0.123. The average molecular weight is 224 g/mol. The van der Waals surface area contributed by atoms with E-state index in [0.29, 0.717) is 6.04 Å². The van der Waals surface area contributed by atoms with Crippen molar-refractivity contribution in [3.05, 3.63) is 0 Å². The minimum absolute atomic E-state index is 0.0533. The van der Waals surface area contributed by atoms with Crippen molar-refractivity contribution in [2.24, 2.45) is 5.92 Å². The molecule has 2 atom stereocenters. The van der Waals surface area contributed by atoms with Crippen molar-refractivity contribution in [1.82, 2.24) is 10.6 Å². The maximum absolute atomic E-state index is 11.7. The van der Waals surface area contributed by atoms with Crippen LogP contribution in [0.5, 0.6) is 0 Å². The fraction of sp³-hybridized carbons (Fsp3) is 0.923. The molecular formula is C13H24N2O. The zero-order valence-corrected chi connectivity index (χ0v) is 10.3. The van der Waals surface area contributed by atoms with Crippen LogP contribution in [0.15, 0.2) is 0 Å². The number of hydrogen-bond donors (Lipinski definition) is 2. The lowest BCUT2D eigenvalue weighted by Crippen LogP contribution is -2.47. The van der Waals surface area contributed by atoms with Gasteiger partial charge in [-0.15, -0.1) is 0 Å². The maximum Gasteiger partial charge on any atom is 0.237 e. The van der Waals surface area contributed by atoms with E-state index < -0.39 is 0 Å². The van der Waals surface area contributed by atoms with Crippen LogP contribution in [0.4, 0.5) is 0 Å². The molecule has 1 amide bonds. The molecule has 0 aromatic heterocycles. The van der Waals surface area contributed by atoms with E-state index in [4.69, 9.17) is 0 Å². The molecule has 92 valence electrons. The molecule has 0 bridgehead atoms. The summed E-state index contributed by atoms with van der Waals surface area (Å²) >= 11 is 0. The van der Waals surface area contributed by atoms with Crippen LogP contribution in [0.1, 0.15) is 51.9 Å². The third-order valence-corrected chi connectivity index (χ3v) is 3.93. The van der Waals surface area contributed by atoms with Crippen molar-refractivity contribution in [2.45, 2.75) is 64.0 Å². The highest BCUT2D eigenvalue weighted by Gasteiger charge is 2.25. The molecule has 0 spiro atoms. The molecule has 3 nitrogen and oxygen atoms in total. The second-order valence-electron chi connectivity index (χ2n) is 5.44. The Morgan fingerprint density at radius 3 is 2.81 bits per heavy atom. The Morgan fingerprint density at radius 1 is 1.31 bits per heavy atom. The summed E-state index contributed by atoms with van der Waals surface area (Å²) in [5.41, 5.74) is 0. The van der Waals surface area contributed by atoms with Crippen LogP contribution in [-0.2, 0) is 4.79 Å². The molecular weight excluding hydrogens is 200 g/mol. The van der Waals surface area contributed by atoms with Gasteiger partial charge in [-0.1, -0.05) is 19.3 Å². The Bertz CT molecular complexity index is 238. The largest absolute Gasteiger partial charge is 0.355 e. The van der Waals surface area contributed by atoms with E-state index in [9.17, 15) is 4.79 Å². The molecule has 1 saturated heterocycles. The third-order valence-electron chi connectivity index (χ3n) is 3.93. The van der Waals surface area contributed by atoms with Crippen LogP contribution < -0.4 is 10.6 Å². The van der Waals surface area contributed by atoms with Gasteiger partial charge in [0.15, 0.2) is 0 Å². The summed E-state index contributed by atoms with van der Waals surface area (Å²) in [7, 11) is 0. The van der Waals surface area contributed by atoms with Crippen molar-refractivity contribution in [2.75, 3.05) is 6.54 Å². The summed E-state index contributed by atoms with van der Waals surface area (Å²) in [6.07, 6.45) is 8.71. The Hall–Kier alpha value is -0.570. The van der Waals surface area contributed by atoms with Gasteiger partial charge in [-0.05, 0) is 38.5 Å². The van der Waals surface area contributed by atoms with Gasteiger partial charge in [0, 0.05) is 12.6 Å². The van der Waals surface area contributed by atoms with Gasteiger partial charge in [-0.25, -0.2) is 0 Å². The zero-order chi connectivity index (χ0) is 11.4. The summed E-state index contributed by atoms with van der Waals surface area (Å²) in [6.45, 7) is 3.07. The molecule has 0 radical (unpaired) electrons. The predicted octanol–water partition coefficient (Wildman–Crippen LogP) is 1.82. The van der Waals surface area contributed by atoms with Gasteiger partial charge in [-0.3, -0.25) is 4.79 Å². The van der Waals surface area contributed by atoms with Crippen molar-refractivity contribution >= 4 is 5.91 Å². The first-order chi connectivity index (χ1) is 7.75. The van der Waals surface area contributed by atoms with Crippen molar-refractivity contribution in [3.8, 4) is 0 Å². The predicted molar refractivity (Wildman–Crippen MR) is 65.2 cm³/mol. The van der Waals surface area contributed by atoms with Crippen LogP contribution in [0.25, 0.3) is 0 Å². The Balaban J connectivity index is 1.74. The van der Waals surface area contributed by atoms with E-state index in [1.54, 1.807) is 0 Å². The van der Waals surface area contributed by atoms with E-state index in [0.717, 1.165) is 31.7 Å². The first-order valence-corrected chi connectivity index (χ1v) is 6.79. The van der Waals surface area contributed by atoms with Crippen molar-refractivity contribution < 1.29 is 4.79 Å². The van der Waals surface area contributed by atoms with E-state index in [2.05, 4.69) is 17.6 Å². The topological polar surface area (TPSA) is 41.1 Å². The number of carbonyl (C=O) groups excluding carboxylic acids is 1. The van der Waals surface area contributed by atoms with Gasteiger partial charge < -0.3 is 10.6 Å². The number of amides is 1. The molecule has 1 saturated carbocycles. The molecule has 1 aliphatic heterocycles. The SMILES string of the molecule is CC(CC1CCC1)NC1CCCCNC1=O. The summed E-state index contributed by atoms with van der Waals surface area (Å²) in [5, 5.41) is 6.48. The molecule has 0 aromatic rings. The van der Waals surface area contributed by atoms with Gasteiger partial charge in [0.25, 0.3) is 0 Å². The van der Waals surface area contributed by atoms with Crippen LogP contribution in [-0.4, -0.2) is 24.5 Å². The van der Waals surface area contributed by atoms with Crippen LogP contribution in [0.3, 0.4) is 0 Å². The first kappa shape index (κ1) is 11.9. The monoisotopic (exact) mass is 224 g/mol. The van der Waals surface area contributed by atoms with E-state index in [1.807, 2.05) is 0 Å². The standard InChI is InChI=1S/C13H24N2O/c1-10(9-11-5-4-6-11)15-12-7-2-3-8-14-13(12)16/h10-12,15H,2-9H2,1H3,(H,14,16). The highest BCUT2D eigenvalue weighted by atomic mass is 16.2. The lowest BCUT2D eigenvalue weighted by Gasteiger charge is -2.30. The third kappa shape index (κ3) is 3.21. The van der Waals surface area contributed by atoms with Crippen LogP contribution in [0, 0.1) is 5.92 Å². The molecule has 1 aliphatic carbocycles. The average Bonchev–Trinajstić information content (AvgIpc) is 2.39. The fourth-order valence-electron chi connectivity index (χ4n) is 2.74. The molecule has 3 heteroatoms. The van der Waals surface area contributed by atoms with E-state index >= 15 is 0 Å².